The van der Waals surface area contributed by atoms with E-state index >= 15 is 0 Å². The molecule has 154 valence electrons. The Morgan fingerprint density at radius 3 is 0.774 bits per heavy atom. The molecule has 0 aliphatic heterocycles. The normalized spacial score (nSPS) is 9.55. The van der Waals surface area contributed by atoms with Gasteiger partial charge in [-0.1, -0.05) is 151 Å². The topological polar surface area (TPSA) is 0 Å². The van der Waals surface area contributed by atoms with Gasteiger partial charge in [-0.2, -0.15) is 11.3 Å². The van der Waals surface area contributed by atoms with Gasteiger partial charge in [-0.3, -0.25) is 0 Å². The molecular weight excluding hydrogens is 430 g/mol. The van der Waals surface area contributed by atoms with Crippen molar-refractivity contribution in [2.75, 3.05) is 0 Å². The number of thiophene rings is 1. The van der Waals surface area contributed by atoms with Gasteiger partial charge in [0.15, 0.2) is 0 Å². The van der Waals surface area contributed by atoms with E-state index in [1.54, 1.807) is 11.3 Å². The summed E-state index contributed by atoms with van der Waals surface area (Å²) in [5.41, 5.74) is 0. The first-order valence-electron chi connectivity index (χ1n) is 10.1. The van der Waals surface area contributed by atoms with E-state index in [-0.39, 0.29) is 0 Å². The SMILES string of the molecule is c1ccc(Pc2ccccc2)cc1.c1ccc(Pc2ccccc2)cc1.c1ccsc1. The van der Waals surface area contributed by atoms with E-state index in [0.29, 0.717) is 0 Å². The fraction of sp³-hybridized carbons (Fsp3) is 0. The number of rotatable bonds is 4. The lowest BCUT2D eigenvalue weighted by Gasteiger charge is -2.00. The molecule has 0 unspecified atom stereocenters. The number of hydrogen-bond donors (Lipinski definition) is 0. The Balaban J connectivity index is 0.000000144. The number of benzene rings is 4. The van der Waals surface area contributed by atoms with Crippen molar-refractivity contribution in [3.8, 4) is 0 Å². The van der Waals surface area contributed by atoms with Crippen LogP contribution in [0.25, 0.3) is 0 Å². The van der Waals surface area contributed by atoms with Crippen LogP contribution in [0.4, 0.5) is 0 Å². The second kappa shape index (κ2) is 14.4. The molecule has 0 atom stereocenters. The standard InChI is InChI=1S/2C12H11P.C4H4S/c2*1-3-7-11(8-4-1)13-12-9-5-2-6-10-12;1-2-4-5-3-1/h2*1-10,13H;1-4H. The summed E-state index contributed by atoms with van der Waals surface area (Å²) in [4.78, 5) is 0. The highest BCUT2D eigenvalue weighted by atomic mass is 32.1. The van der Waals surface area contributed by atoms with Crippen molar-refractivity contribution >= 4 is 49.7 Å². The Kier molecular flexibility index (Phi) is 10.8. The van der Waals surface area contributed by atoms with Gasteiger partial charge >= 0.3 is 0 Å². The highest BCUT2D eigenvalue weighted by molar-refractivity contribution is 7.55. The molecule has 0 aliphatic rings. The van der Waals surface area contributed by atoms with Crippen LogP contribution in [-0.4, -0.2) is 0 Å². The van der Waals surface area contributed by atoms with Gasteiger partial charge in [0.2, 0.25) is 0 Å². The van der Waals surface area contributed by atoms with E-state index in [2.05, 4.69) is 121 Å². The fourth-order valence-corrected chi connectivity index (χ4v) is 5.20. The van der Waals surface area contributed by atoms with Gasteiger partial charge in [0, 0.05) is 0 Å². The smallest absolute Gasteiger partial charge is 0.00934 e. The Labute approximate surface area is 193 Å². The molecule has 0 nitrogen and oxygen atoms in total. The van der Waals surface area contributed by atoms with Gasteiger partial charge in [0.1, 0.15) is 0 Å². The lowest BCUT2D eigenvalue weighted by molar-refractivity contribution is 1.76. The zero-order valence-electron chi connectivity index (χ0n) is 17.3. The molecule has 31 heavy (non-hydrogen) atoms. The maximum atomic E-state index is 2.17. The summed E-state index contributed by atoms with van der Waals surface area (Å²) < 4.78 is 0. The van der Waals surface area contributed by atoms with E-state index in [1.807, 2.05) is 22.9 Å². The van der Waals surface area contributed by atoms with Crippen molar-refractivity contribution in [2.45, 2.75) is 0 Å². The minimum atomic E-state index is 0.777. The van der Waals surface area contributed by atoms with Crippen molar-refractivity contribution in [2.24, 2.45) is 0 Å². The van der Waals surface area contributed by atoms with Gasteiger partial charge in [-0.15, -0.1) is 0 Å². The minimum absolute atomic E-state index is 0.777. The van der Waals surface area contributed by atoms with Gasteiger partial charge in [-0.25, -0.2) is 0 Å². The van der Waals surface area contributed by atoms with Crippen LogP contribution in [0.1, 0.15) is 0 Å². The summed E-state index contributed by atoms with van der Waals surface area (Å²) >= 11 is 1.71. The van der Waals surface area contributed by atoms with Crippen LogP contribution in [0.3, 0.4) is 0 Å². The van der Waals surface area contributed by atoms with Crippen molar-refractivity contribution < 1.29 is 0 Å². The van der Waals surface area contributed by atoms with Crippen molar-refractivity contribution in [1.82, 2.24) is 0 Å². The van der Waals surface area contributed by atoms with Crippen molar-refractivity contribution in [1.29, 1.82) is 0 Å². The average Bonchev–Trinajstić information content (AvgIpc) is 3.43. The molecule has 4 aromatic carbocycles. The van der Waals surface area contributed by atoms with E-state index in [1.165, 1.54) is 21.2 Å². The van der Waals surface area contributed by atoms with Crippen LogP contribution in [0.5, 0.6) is 0 Å². The summed E-state index contributed by atoms with van der Waals surface area (Å²) in [6.07, 6.45) is 0. The molecule has 0 bridgehead atoms. The molecular formula is C28H26P2S. The molecule has 3 heteroatoms. The molecule has 0 spiro atoms. The third-order valence-corrected chi connectivity index (χ3v) is 7.21. The van der Waals surface area contributed by atoms with E-state index < -0.39 is 0 Å². The van der Waals surface area contributed by atoms with Crippen molar-refractivity contribution in [3.63, 3.8) is 0 Å². The maximum absolute atomic E-state index is 2.17. The fourth-order valence-electron chi connectivity index (χ4n) is 2.65. The molecule has 0 aliphatic carbocycles. The zero-order valence-corrected chi connectivity index (χ0v) is 20.1. The Hall–Kier alpha value is -2.56. The number of hydrogen-bond acceptors (Lipinski definition) is 1. The Morgan fingerprint density at radius 1 is 0.323 bits per heavy atom. The quantitative estimate of drug-likeness (QED) is 0.275. The van der Waals surface area contributed by atoms with E-state index in [0.717, 1.165) is 17.2 Å². The van der Waals surface area contributed by atoms with Crippen LogP contribution in [0.15, 0.2) is 144 Å². The summed E-state index contributed by atoms with van der Waals surface area (Å²) in [6, 6.07) is 46.3. The predicted molar refractivity (Wildman–Crippen MR) is 145 cm³/mol. The van der Waals surface area contributed by atoms with Gasteiger partial charge < -0.3 is 0 Å². The van der Waals surface area contributed by atoms with Crippen LogP contribution in [0.2, 0.25) is 0 Å². The molecule has 0 radical (unpaired) electrons. The third kappa shape index (κ3) is 9.86. The molecule has 5 aromatic rings. The van der Waals surface area contributed by atoms with E-state index in [9.17, 15) is 0 Å². The van der Waals surface area contributed by atoms with Crippen LogP contribution < -0.4 is 21.2 Å². The van der Waals surface area contributed by atoms with Crippen molar-refractivity contribution in [3.05, 3.63) is 144 Å². The monoisotopic (exact) mass is 456 g/mol. The highest BCUT2D eigenvalue weighted by Crippen LogP contribution is 2.09. The molecule has 1 aromatic heterocycles. The molecule has 0 N–H and O–H groups in total. The Bertz CT molecular complexity index is 880. The van der Waals surface area contributed by atoms with Gasteiger partial charge in [-0.05, 0) is 32.0 Å². The summed E-state index contributed by atoms with van der Waals surface area (Å²) in [7, 11) is 1.55. The van der Waals surface area contributed by atoms with E-state index in [4.69, 9.17) is 0 Å². The molecule has 0 saturated carbocycles. The lowest BCUT2D eigenvalue weighted by Crippen LogP contribution is -2.01. The summed E-state index contributed by atoms with van der Waals surface area (Å²) in [6.45, 7) is 0. The minimum Gasteiger partial charge on any atom is -0.152 e. The lowest BCUT2D eigenvalue weighted by atomic mass is 10.4. The largest absolute Gasteiger partial charge is 0.152 e. The van der Waals surface area contributed by atoms with Crippen LogP contribution in [0, 0.1) is 0 Å². The second-order valence-corrected chi connectivity index (χ2v) is 10.1. The maximum Gasteiger partial charge on any atom is -0.00934 e. The molecule has 0 fully saturated rings. The first-order chi connectivity index (χ1) is 15.4. The Morgan fingerprint density at radius 2 is 0.581 bits per heavy atom. The average molecular weight is 457 g/mol. The van der Waals surface area contributed by atoms with Crippen LogP contribution >= 0.6 is 28.5 Å². The summed E-state index contributed by atoms with van der Waals surface area (Å²) in [5, 5.41) is 9.67. The zero-order chi connectivity index (χ0) is 21.4. The van der Waals surface area contributed by atoms with Gasteiger partial charge in [0.25, 0.3) is 0 Å². The first-order valence-corrected chi connectivity index (χ1v) is 13.1. The molecule has 0 amide bonds. The molecule has 1 heterocycles. The highest BCUT2D eigenvalue weighted by Gasteiger charge is 1.93. The van der Waals surface area contributed by atoms with Crippen LogP contribution in [-0.2, 0) is 0 Å². The van der Waals surface area contributed by atoms with Gasteiger partial charge in [0.05, 0.1) is 0 Å². The first kappa shape index (κ1) is 23.1. The molecule has 0 saturated heterocycles. The second-order valence-electron chi connectivity index (χ2n) is 6.51. The predicted octanol–water partition coefficient (Wildman–Crippen LogP) is 6.38. The molecule has 5 rings (SSSR count). The summed E-state index contributed by atoms with van der Waals surface area (Å²) in [5.74, 6) is 0. The third-order valence-electron chi connectivity index (χ3n) is 4.10.